The lowest BCUT2D eigenvalue weighted by Crippen LogP contribution is -2.68. The van der Waals surface area contributed by atoms with Crippen LogP contribution in [0.3, 0.4) is 0 Å². The summed E-state index contributed by atoms with van der Waals surface area (Å²) < 4.78 is 5.94. The molecule has 5 nitrogen and oxygen atoms in total. The molecule has 1 aromatic heterocycles. The van der Waals surface area contributed by atoms with Crippen LogP contribution in [-0.2, 0) is 11.2 Å². The Morgan fingerprint density at radius 2 is 2.29 bits per heavy atom. The number of aliphatic imine (C=N–C) groups is 1. The minimum absolute atomic E-state index is 0.360. The summed E-state index contributed by atoms with van der Waals surface area (Å²) >= 11 is 1.76. The number of hydrogen-bond donors (Lipinski definition) is 2. The molecule has 0 aromatic carbocycles. The molecule has 2 atom stereocenters. The maximum Gasteiger partial charge on any atom is 0.191 e. The number of ether oxygens (including phenoxy) is 1. The Morgan fingerprint density at radius 3 is 2.88 bits per heavy atom. The third-order valence-electron chi connectivity index (χ3n) is 5.36. The number of hydrogen-bond acceptors (Lipinski definition) is 4. The van der Waals surface area contributed by atoms with Crippen LogP contribution >= 0.6 is 11.3 Å². The zero-order chi connectivity index (χ0) is 17.0. The third kappa shape index (κ3) is 3.59. The highest BCUT2D eigenvalue weighted by Crippen LogP contribution is 2.57. The first-order valence-electron chi connectivity index (χ1n) is 9.25. The highest BCUT2D eigenvalue weighted by Gasteiger charge is 2.59. The second kappa shape index (κ2) is 7.83. The van der Waals surface area contributed by atoms with Gasteiger partial charge in [-0.05, 0) is 40.0 Å². The lowest BCUT2D eigenvalue weighted by atomic mass is 9.51. The van der Waals surface area contributed by atoms with Crippen molar-refractivity contribution in [3.05, 3.63) is 16.1 Å². The Balaban J connectivity index is 1.54. The number of aromatic nitrogens is 1. The van der Waals surface area contributed by atoms with Gasteiger partial charge in [0.2, 0.25) is 0 Å². The van der Waals surface area contributed by atoms with Crippen LogP contribution in [0.4, 0.5) is 0 Å². The fraction of sp³-hybridized carbons (Fsp3) is 0.778. The Kier molecular flexibility index (Phi) is 5.76. The van der Waals surface area contributed by atoms with E-state index < -0.39 is 0 Å². The maximum atomic E-state index is 5.94. The smallest absolute Gasteiger partial charge is 0.191 e. The predicted molar refractivity (Wildman–Crippen MR) is 99.8 cm³/mol. The van der Waals surface area contributed by atoms with Crippen molar-refractivity contribution in [2.75, 3.05) is 19.7 Å². The monoisotopic (exact) mass is 350 g/mol. The first-order valence-corrected chi connectivity index (χ1v) is 10.1. The van der Waals surface area contributed by atoms with Crippen LogP contribution in [0.2, 0.25) is 0 Å². The fourth-order valence-corrected chi connectivity index (χ4v) is 4.68. The zero-order valence-corrected chi connectivity index (χ0v) is 15.9. The molecular weight excluding hydrogens is 320 g/mol. The lowest BCUT2D eigenvalue weighted by Gasteiger charge is -2.61. The molecule has 0 radical (unpaired) electrons. The Morgan fingerprint density at radius 1 is 1.46 bits per heavy atom. The average Bonchev–Trinajstić information content (AvgIpc) is 2.90. The van der Waals surface area contributed by atoms with E-state index in [0.717, 1.165) is 38.5 Å². The van der Waals surface area contributed by atoms with Crippen LogP contribution in [0, 0.1) is 12.3 Å². The molecule has 2 saturated carbocycles. The molecule has 2 N–H and O–H groups in total. The van der Waals surface area contributed by atoms with Gasteiger partial charge < -0.3 is 15.4 Å². The minimum atomic E-state index is 0.360. The quantitative estimate of drug-likeness (QED) is 0.586. The van der Waals surface area contributed by atoms with E-state index in [2.05, 4.69) is 36.4 Å². The zero-order valence-electron chi connectivity index (χ0n) is 15.1. The summed E-state index contributed by atoms with van der Waals surface area (Å²) in [5.41, 5.74) is 0.360. The molecule has 0 amide bonds. The molecule has 1 aromatic rings. The van der Waals surface area contributed by atoms with Crippen molar-refractivity contribution in [1.29, 1.82) is 0 Å². The standard InChI is InChI=1S/C18H30N4OS/c1-4-19-17(20-10-7-16-21-12-13(3)24-16)22-14-11-15(23-5-2)18(14)8-6-9-18/h12,14-15H,4-11H2,1-3H3,(H2,19,20,22). The summed E-state index contributed by atoms with van der Waals surface area (Å²) in [6, 6.07) is 0.503. The molecule has 0 bridgehead atoms. The largest absolute Gasteiger partial charge is 0.378 e. The van der Waals surface area contributed by atoms with Gasteiger partial charge in [0.15, 0.2) is 5.96 Å². The van der Waals surface area contributed by atoms with Crippen molar-refractivity contribution < 1.29 is 4.74 Å². The predicted octanol–water partition coefficient (Wildman–Crippen LogP) is 2.90. The van der Waals surface area contributed by atoms with E-state index in [-0.39, 0.29) is 0 Å². The van der Waals surface area contributed by atoms with Gasteiger partial charge in [-0.15, -0.1) is 11.3 Å². The van der Waals surface area contributed by atoms with Gasteiger partial charge in [-0.2, -0.15) is 0 Å². The van der Waals surface area contributed by atoms with Crippen LogP contribution < -0.4 is 10.6 Å². The van der Waals surface area contributed by atoms with Crippen molar-refractivity contribution in [2.24, 2.45) is 10.4 Å². The molecule has 1 spiro atoms. The maximum absolute atomic E-state index is 5.94. The van der Waals surface area contributed by atoms with E-state index in [1.807, 2.05) is 6.20 Å². The van der Waals surface area contributed by atoms with Crippen LogP contribution in [-0.4, -0.2) is 42.8 Å². The van der Waals surface area contributed by atoms with Gasteiger partial charge in [0.25, 0.3) is 0 Å². The normalized spacial score (nSPS) is 25.2. The van der Waals surface area contributed by atoms with Crippen LogP contribution in [0.25, 0.3) is 0 Å². The van der Waals surface area contributed by atoms with Gasteiger partial charge in [-0.3, -0.25) is 4.99 Å². The molecule has 2 fully saturated rings. The molecule has 2 aliphatic carbocycles. The molecule has 0 saturated heterocycles. The van der Waals surface area contributed by atoms with Gasteiger partial charge >= 0.3 is 0 Å². The van der Waals surface area contributed by atoms with Crippen LogP contribution in [0.5, 0.6) is 0 Å². The molecule has 24 heavy (non-hydrogen) atoms. The van der Waals surface area contributed by atoms with Crippen LogP contribution in [0.15, 0.2) is 11.2 Å². The van der Waals surface area contributed by atoms with E-state index in [1.54, 1.807) is 11.3 Å². The molecule has 1 heterocycles. The van der Waals surface area contributed by atoms with E-state index in [9.17, 15) is 0 Å². The summed E-state index contributed by atoms with van der Waals surface area (Å²) in [6.07, 6.45) is 8.29. The summed E-state index contributed by atoms with van der Waals surface area (Å²) in [4.78, 5) is 10.4. The molecule has 0 aliphatic heterocycles. The summed E-state index contributed by atoms with van der Waals surface area (Å²) in [7, 11) is 0. The van der Waals surface area contributed by atoms with Crippen molar-refractivity contribution in [3.8, 4) is 0 Å². The molecule has 2 unspecified atom stereocenters. The summed E-state index contributed by atoms with van der Waals surface area (Å²) in [5, 5.41) is 8.23. The van der Waals surface area contributed by atoms with Gasteiger partial charge in [-0.25, -0.2) is 4.98 Å². The Labute approximate surface area is 149 Å². The van der Waals surface area contributed by atoms with Crippen molar-refractivity contribution >= 4 is 17.3 Å². The second-order valence-electron chi connectivity index (χ2n) is 6.84. The fourth-order valence-electron chi connectivity index (χ4n) is 3.91. The molecule has 6 heteroatoms. The Hall–Kier alpha value is -1.14. The van der Waals surface area contributed by atoms with E-state index >= 15 is 0 Å². The SMILES string of the molecule is CCNC(=NCCc1ncc(C)s1)NC1CC(OCC)C12CCC2. The van der Waals surface area contributed by atoms with Gasteiger partial charge in [-0.1, -0.05) is 6.42 Å². The average molecular weight is 351 g/mol. The first-order chi connectivity index (χ1) is 11.7. The van der Waals surface area contributed by atoms with Crippen molar-refractivity contribution in [2.45, 2.75) is 65.0 Å². The van der Waals surface area contributed by atoms with Gasteiger partial charge in [0.1, 0.15) is 0 Å². The van der Waals surface area contributed by atoms with E-state index in [4.69, 9.17) is 9.73 Å². The number of aryl methyl sites for hydroxylation is 1. The van der Waals surface area contributed by atoms with Gasteiger partial charge in [0.05, 0.1) is 11.1 Å². The number of nitrogens with one attached hydrogen (secondary N) is 2. The highest BCUT2D eigenvalue weighted by molar-refractivity contribution is 7.11. The minimum Gasteiger partial charge on any atom is -0.378 e. The van der Waals surface area contributed by atoms with Crippen molar-refractivity contribution in [3.63, 3.8) is 0 Å². The lowest BCUT2D eigenvalue weighted by molar-refractivity contribution is -0.168. The summed E-state index contributed by atoms with van der Waals surface area (Å²) in [6.45, 7) is 8.79. The molecule has 134 valence electrons. The number of guanidine groups is 1. The second-order valence-corrected chi connectivity index (χ2v) is 8.16. The first kappa shape index (κ1) is 17.7. The van der Waals surface area contributed by atoms with Crippen LogP contribution in [0.1, 0.15) is 49.4 Å². The molecule has 3 rings (SSSR count). The highest BCUT2D eigenvalue weighted by atomic mass is 32.1. The molecular formula is C18H30N4OS. The van der Waals surface area contributed by atoms with E-state index in [1.165, 1.54) is 29.1 Å². The van der Waals surface area contributed by atoms with E-state index in [0.29, 0.717) is 17.6 Å². The number of rotatable bonds is 7. The summed E-state index contributed by atoms with van der Waals surface area (Å²) in [5.74, 6) is 0.942. The number of thiazole rings is 1. The van der Waals surface area contributed by atoms with Crippen molar-refractivity contribution in [1.82, 2.24) is 15.6 Å². The Bertz CT molecular complexity index is 567. The number of nitrogens with zero attached hydrogens (tertiary/aromatic N) is 2. The third-order valence-corrected chi connectivity index (χ3v) is 6.33. The molecule has 2 aliphatic rings. The topological polar surface area (TPSA) is 58.5 Å². The van der Waals surface area contributed by atoms with Gasteiger partial charge in [0, 0.05) is 48.6 Å².